The molecule has 0 radical (unpaired) electrons. The third kappa shape index (κ3) is 4.98. The SMILES string of the molecule is CON(C)S(=O)(=O)c1cccc(C(=O)OCCCC(=O)c2cccs2)c1. The summed E-state index contributed by atoms with van der Waals surface area (Å²) in [5, 5.41) is 1.83. The Morgan fingerprint density at radius 2 is 1.96 bits per heavy atom. The monoisotopic (exact) mass is 397 g/mol. The van der Waals surface area contributed by atoms with Gasteiger partial charge in [-0.15, -0.1) is 11.3 Å². The average Bonchev–Trinajstić information content (AvgIpc) is 3.19. The molecule has 0 saturated carbocycles. The van der Waals surface area contributed by atoms with E-state index in [1.54, 1.807) is 12.1 Å². The van der Waals surface area contributed by atoms with E-state index >= 15 is 0 Å². The van der Waals surface area contributed by atoms with Gasteiger partial charge < -0.3 is 4.74 Å². The molecule has 7 nitrogen and oxygen atoms in total. The van der Waals surface area contributed by atoms with E-state index in [1.807, 2.05) is 5.38 Å². The second kappa shape index (κ2) is 9.04. The highest BCUT2D eigenvalue weighted by molar-refractivity contribution is 7.89. The van der Waals surface area contributed by atoms with Gasteiger partial charge in [0.2, 0.25) is 0 Å². The first-order valence-corrected chi connectivity index (χ1v) is 10.0. The Bertz CT molecular complexity index is 861. The van der Waals surface area contributed by atoms with Gasteiger partial charge in [-0.3, -0.25) is 9.63 Å². The summed E-state index contributed by atoms with van der Waals surface area (Å²) < 4.78 is 30.2. The molecule has 26 heavy (non-hydrogen) atoms. The number of benzene rings is 1. The van der Waals surface area contributed by atoms with Crippen molar-refractivity contribution in [2.75, 3.05) is 20.8 Å². The number of ether oxygens (including phenoxy) is 1. The van der Waals surface area contributed by atoms with Gasteiger partial charge in [-0.2, -0.15) is 0 Å². The molecule has 0 atom stereocenters. The molecule has 1 aromatic heterocycles. The number of carbonyl (C=O) groups excluding carboxylic acids is 2. The van der Waals surface area contributed by atoms with Gasteiger partial charge >= 0.3 is 5.97 Å². The second-order valence-corrected chi connectivity index (χ2v) is 8.15. The maximum atomic E-state index is 12.2. The van der Waals surface area contributed by atoms with E-state index < -0.39 is 16.0 Å². The minimum absolute atomic E-state index is 0.00624. The molecule has 0 aliphatic heterocycles. The molecule has 9 heteroatoms. The number of ketones is 1. The Morgan fingerprint density at radius 3 is 2.62 bits per heavy atom. The van der Waals surface area contributed by atoms with Crippen molar-refractivity contribution in [2.24, 2.45) is 0 Å². The minimum atomic E-state index is -3.85. The normalized spacial score (nSPS) is 11.5. The number of thiophene rings is 1. The van der Waals surface area contributed by atoms with Gasteiger partial charge in [0.1, 0.15) is 0 Å². The zero-order valence-corrected chi connectivity index (χ0v) is 16.0. The summed E-state index contributed by atoms with van der Waals surface area (Å²) in [6.45, 7) is 0.0743. The molecule has 0 spiro atoms. The van der Waals surface area contributed by atoms with E-state index in [9.17, 15) is 18.0 Å². The van der Waals surface area contributed by atoms with Gasteiger partial charge in [-0.25, -0.2) is 13.2 Å². The van der Waals surface area contributed by atoms with Crippen LogP contribution in [0.2, 0.25) is 0 Å². The average molecular weight is 397 g/mol. The molecule has 2 aromatic rings. The Labute approximate surface area is 156 Å². The third-order valence-electron chi connectivity index (χ3n) is 3.54. The molecular weight excluding hydrogens is 378 g/mol. The zero-order chi connectivity index (χ0) is 19.2. The van der Waals surface area contributed by atoms with Crippen LogP contribution >= 0.6 is 11.3 Å². The maximum Gasteiger partial charge on any atom is 0.338 e. The number of sulfonamides is 1. The lowest BCUT2D eigenvalue weighted by Gasteiger charge is -2.14. The van der Waals surface area contributed by atoms with Crippen LogP contribution in [0.1, 0.15) is 32.9 Å². The van der Waals surface area contributed by atoms with Gasteiger partial charge in [-0.1, -0.05) is 16.6 Å². The van der Waals surface area contributed by atoms with Crippen LogP contribution in [-0.2, 0) is 19.6 Å². The Balaban J connectivity index is 1.92. The molecule has 1 aromatic carbocycles. The fourth-order valence-corrected chi connectivity index (χ4v) is 3.79. The first kappa shape index (κ1) is 20.2. The molecule has 140 valence electrons. The molecule has 1 heterocycles. The molecule has 0 N–H and O–H groups in total. The molecule has 0 fully saturated rings. The lowest BCUT2D eigenvalue weighted by atomic mass is 10.2. The summed E-state index contributed by atoms with van der Waals surface area (Å²) in [5.74, 6) is -0.641. The highest BCUT2D eigenvalue weighted by Gasteiger charge is 2.22. The van der Waals surface area contributed by atoms with Crippen molar-refractivity contribution in [1.29, 1.82) is 0 Å². The predicted octanol–water partition coefficient (Wildman–Crippen LogP) is 2.75. The number of carbonyl (C=O) groups is 2. The van der Waals surface area contributed by atoms with Crippen molar-refractivity contribution in [3.8, 4) is 0 Å². The topological polar surface area (TPSA) is 90.0 Å². The first-order valence-electron chi connectivity index (χ1n) is 7.73. The van der Waals surface area contributed by atoms with E-state index in [0.717, 1.165) is 0 Å². The second-order valence-electron chi connectivity index (χ2n) is 5.27. The Kier molecular flexibility index (Phi) is 7.04. The lowest BCUT2D eigenvalue weighted by molar-refractivity contribution is -0.0258. The molecule has 0 unspecified atom stereocenters. The van der Waals surface area contributed by atoms with Gasteiger partial charge in [-0.05, 0) is 36.1 Å². The molecule has 0 aliphatic carbocycles. The Hall–Kier alpha value is -2.07. The first-order chi connectivity index (χ1) is 12.4. The van der Waals surface area contributed by atoms with E-state index in [2.05, 4.69) is 0 Å². The van der Waals surface area contributed by atoms with Crippen molar-refractivity contribution < 1.29 is 27.6 Å². The number of nitrogens with zero attached hydrogens (tertiary/aromatic N) is 1. The zero-order valence-electron chi connectivity index (χ0n) is 14.4. The lowest BCUT2D eigenvalue weighted by Crippen LogP contribution is -2.26. The van der Waals surface area contributed by atoms with Crippen LogP contribution < -0.4 is 0 Å². The van der Waals surface area contributed by atoms with Crippen molar-refractivity contribution in [1.82, 2.24) is 4.47 Å². The van der Waals surface area contributed by atoms with Crippen LogP contribution in [0.4, 0.5) is 0 Å². The quantitative estimate of drug-likeness (QED) is 0.280. The van der Waals surface area contributed by atoms with E-state index in [-0.39, 0.29) is 29.3 Å². The van der Waals surface area contributed by atoms with Crippen LogP contribution in [0, 0.1) is 0 Å². The summed E-state index contributed by atoms with van der Waals surface area (Å²) in [6.07, 6.45) is 0.674. The molecular formula is C17H19NO6S2. The number of hydroxylamine groups is 1. The van der Waals surface area contributed by atoms with Crippen molar-refractivity contribution in [3.05, 3.63) is 52.2 Å². The number of hydrogen-bond acceptors (Lipinski definition) is 7. The maximum absolute atomic E-state index is 12.2. The molecule has 2 rings (SSSR count). The number of esters is 1. The highest BCUT2D eigenvalue weighted by atomic mass is 32.2. The van der Waals surface area contributed by atoms with Crippen LogP contribution in [0.15, 0.2) is 46.7 Å². The molecule has 0 amide bonds. The van der Waals surface area contributed by atoms with Crippen LogP contribution in [-0.4, -0.2) is 45.4 Å². The molecule has 0 aliphatic rings. The summed E-state index contributed by atoms with van der Waals surface area (Å²) in [4.78, 5) is 29.2. The van der Waals surface area contributed by atoms with Crippen molar-refractivity contribution >= 4 is 33.1 Å². The third-order valence-corrected chi connectivity index (χ3v) is 6.13. The number of Topliss-reactive ketones (excluding diaryl/α,β-unsaturated/α-hetero) is 1. The van der Waals surface area contributed by atoms with E-state index in [4.69, 9.17) is 9.57 Å². The van der Waals surface area contributed by atoms with Gasteiger partial charge in [0.05, 0.1) is 29.1 Å². The van der Waals surface area contributed by atoms with Crippen LogP contribution in [0.25, 0.3) is 0 Å². The highest BCUT2D eigenvalue weighted by Crippen LogP contribution is 2.17. The smallest absolute Gasteiger partial charge is 0.338 e. The largest absolute Gasteiger partial charge is 0.462 e. The summed E-state index contributed by atoms with van der Waals surface area (Å²) in [7, 11) is -1.36. The van der Waals surface area contributed by atoms with Crippen molar-refractivity contribution in [2.45, 2.75) is 17.7 Å². The standard InChI is InChI=1S/C17H19NO6S2/c1-18(23-2)26(21,22)14-7-3-6-13(12-14)17(20)24-10-4-8-15(19)16-9-5-11-25-16/h3,5-7,9,11-12H,4,8,10H2,1-2H3. The molecule has 0 bridgehead atoms. The fraction of sp³-hybridized carbons (Fsp3) is 0.294. The number of rotatable bonds is 9. The van der Waals surface area contributed by atoms with E-state index in [1.165, 1.54) is 49.8 Å². The summed E-state index contributed by atoms with van der Waals surface area (Å²) in [5.41, 5.74) is 0.111. The van der Waals surface area contributed by atoms with E-state index in [0.29, 0.717) is 15.8 Å². The summed E-state index contributed by atoms with van der Waals surface area (Å²) in [6, 6.07) is 9.06. The fourth-order valence-electron chi connectivity index (χ4n) is 2.07. The predicted molar refractivity (Wildman–Crippen MR) is 96.6 cm³/mol. The van der Waals surface area contributed by atoms with Crippen LogP contribution in [0.5, 0.6) is 0 Å². The summed E-state index contributed by atoms with van der Waals surface area (Å²) >= 11 is 1.37. The van der Waals surface area contributed by atoms with Gasteiger partial charge in [0.25, 0.3) is 10.0 Å². The van der Waals surface area contributed by atoms with Gasteiger partial charge in [0, 0.05) is 13.5 Å². The van der Waals surface area contributed by atoms with Gasteiger partial charge in [0.15, 0.2) is 5.78 Å². The Morgan fingerprint density at radius 1 is 1.19 bits per heavy atom. The van der Waals surface area contributed by atoms with Crippen molar-refractivity contribution in [3.63, 3.8) is 0 Å². The number of hydrogen-bond donors (Lipinski definition) is 0. The van der Waals surface area contributed by atoms with Crippen LogP contribution in [0.3, 0.4) is 0 Å². The minimum Gasteiger partial charge on any atom is -0.462 e. The molecule has 0 saturated heterocycles.